The Morgan fingerprint density at radius 2 is 0.828 bits per heavy atom. The highest BCUT2D eigenvalue weighted by Crippen LogP contribution is 2.58. The van der Waals surface area contributed by atoms with Gasteiger partial charge >= 0.3 is 0 Å². The van der Waals surface area contributed by atoms with Gasteiger partial charge in [0.2, 0.25) is 0 Å². The van der Waals surface area contributed by atoms with Crippen molar-refractivity contribution in [2.45, 2.75) is 38.5 Å². The molecule has 0 aliphatic carbocycles. The van der Waals surface area contributed by atoms with Gasteiger partial charge in [-0.3, -0.25) is 0 Å². The molecule has 0 amide bonds. The van der Waals surface area contributed by atoms with E-state index in [1.54, 1.807) is 0 Å². The fourth-order valence-corrected chi connectivity index (χ4v) is 12.5. The third kappa shape index (κ3) is 4.18. The number of fused-ring (bicyclic) bond motifs is 14. The second-order valence-corrected chi connectivity index (χ2v) is 19.0. The number of nitrogens with zero attached hydrogens (tertiary/aromatic N) is 2. The standard InChI is InChI=1S/C52H36N2O2S2/c1-51(2)35-15-7-9-17-37(35)53(45-25-29-13-5-11-19-43(29)57-45)39-23-21-31-33-27-42-34(28-41(33)55-49(31)47(39)51)32-22-24-40-48(50(32)56-42)52(3,4)36-16-8-10-18-38(36)54(40)46-26-30-14-6-12-20-44(30)58-46/h5-28H,1-4H3. The maximum Gasteiger partial charge on any atom is 0.141 e. The van der Waals surface area contributed by atoms with Gasteiger partial charge in [0, 0.05) is 52.9 Å². The molecule has 0 saturated carbocycles. The number of para-hydroxylation sites is 2. The molecule has 4 aromatic heterocycles. The van der Waals surface area contributed by atoms with Crippen LogP contribution < -0.4 is 9.80 Å². The highest BCUT2D eigenvalue weighted by molar-refractivity contribution is 7.23. The lowest BCUT2D eigenvalue weighted by molar-refractivity contribution is 0.601. The molecule has 11 aromatic rings. The molecule has 0 unspecified atom stereocenters. The van der Waals surface area contributed by atoms with E-state index < -0.39 is 0 Å². The minimum Gasteiger partial charge on any atom is -0.456 e. The molecule has 0 fully saturated rings. The summed E-state index contributed by atoms with van der Waals surface area (Å²) in [4.78, 5) is 4.88. The van der Waals surface area contributed by atoms with Crippen LogP contribution in [-0.4, -0.2) is 0 Å². The minimum absolute atomic E-state index is 0.306. The van der Waals surface area contributed by atoms with Crippen LogP contribution in [0.4, 0.5) is 32.8 Å². The van der Waals surface area contributed by atoms with Crippen LogP contribution in [0.2, 0.25) is 0 Å². The number of anilines is 6. The van der Waals surface area contributed by atoms with Gasteiger partial charge in [-0.15, -0.1) is 22.7 Å². The van der Waals surface area contributed by atoms with Crippen molar-refractivity contribution in [2.75, 3.05) is 9.80 Å². The molecule has 2 aliphatic rings. The van der Waals surface area contributed by atoms with Crippen LogP contribution in [0.3, 0.4) is 0 Å². The van der Waals surface area contributed by atoms with Crippen molar-refractivity contribution >= 4 is 119 Å². The molecule has 0 N–H and O–H groups in total. The quantitative estimate of drug-likeness (QED) is 0.175. The third-order valence-corrected chi connectivity index (χ3v) is 15.2. The Hall–Kier alpha value is -6.34. The van der Waals surface area contributed by atoms with E-state index in [1.165, 1.54) is 63.8 Å². The van der Waals surface area contributed by atoms with Crippen LogP contribution in [-0.2, 0) is 10.8 Å². The molecule has 2 aliphatic heterocycles. The average Bonchev–Trinajstić information content (AvgIpc) is 4.02. The van der Waals surface area contributed by atoms with E-state index in [9.17, 15) is 0 Å². The minimum atomic E-state index is -0.306. The van der Waals surface area contributed by atoms with Crippen molar-refractivity contribution in [3.63, 3.8) is 0 Å². The first-order valence-electron chi connectivity index (χ1n) is 19.9. The van der Waals surface area contributed by atoms with Gasteiger partial charge in [0.05, 0.1) is 22.7 Å². The van der Waals surface area contributed by atoms with E-state index in [-0.39, 0.29) is 10.8 Å². The summed E-state index contributed by atoms with van der Waals surface area (Å²) < 4.78 is 16.8. The first-order valence-corrected chi connectivity index (χ1v) is 21.5. The SMILES string of the molecule is CC1(C)c2ccccc2N(c2cc3ccccc3s2)c2ccc3c(oc4cc5c(cc43)oc3c4c(ccc35)N(c3cc5ccccc5s3)c3ccccc3C4(C)C)c21. The fourth-order valence-electron chi connectivity index (χ4n) is 10.3. The second kappa shape index (κ2) is 11.2. The van der Waals surface area contributed by atoms with E-state index in [4.69, 9.17) is 8.83 Å². The van der Waals surface area contributed by atoms with Crippen molar-refractivity contribution in [1.82, 2.24) is 0 Å². The molecule has 278 valence electrons. The van der Waals surface area contributed by atoms with Gasteiger partial charge < -0.3 is 18.6 Å². The Balaban J connectivity index is 1.03. The van der Waals surface area contributed by atoms with Gasteiger partial charge in [-0.1, -0.05) is 100 Å². The number of hydrogen-bond acceptors (Lipinski definition) is 6. The maximum absolute atomic E-state index is 7.10. The Morgan fingerprint density at radius 1 is 0.414 bits per heavy atom. The van der Waals surface area contributed by atoms with Crippen molar-refractivity contribution in [3.05, 3.63) is 168 Å². The van der Waals surface area contributed by atoms with E-state index in [1.807, 2.05) is 22.7 Å². The van der Waals surface area contributed by atoms with Crippen LogP contribution >= 0.6 is 22.7 Å². The summed E-state index contributed by atoms with van der Waals surface area (Å²) in [5, 5.41) is 9.25. The molecule has 0 radical (unpaired) electrons. The number of benzene rings is 7. The zero-order chi connectivity index (χ0) is 38.7. The third-order valence-electron chi connectivity index (χ3n) is 13.0. The molecule has 0 atom stereocenters. The van der Waals surface area contributed by atoms with Gasteiger partial charge in [-0.25, -0.2) is 0 Å². The Labute approximate surface area is 342 Å². The van der Waals surface area contributed by atoms with E-state index in [0.29, 0.717) is 0 Å². The molecule has 0 bridgehead atoms. The topological polar surface area (TPSA) is 32.8 Å². The number of rotatable bonds is 2. The summed E-state index contributed by atoms with van der Waals surface area (Å²) in [5.74, 6) is 0. The van der Waals surface area contributed by atoms with Crippen LogP contribution in [0.5, 0.6) is 0 Å². The molecular formula is C52H36N2O2S2. The summed E-state index contributed by atoms with van der Waals surface area (Å²) in [5.41, 5.74) is 12.7. The molecule has 7 aromatic carbocycles. The molecular weight excluding hydrogens is 749 g/mol. The lowest BCUT2D eigenvalue weighted by atomic mass is 9.73. The van der Waals surface area contributed by atoms with Crippen LogP contribution in [0.25, 0.3) is 64.0 Å². The van der Waals surface area contributed by atoms with Gasteiger partial charge in [-0.05, 0) is 94.7 Å². The monoisotopic (exact) mass is 784 g/mol. The highest BCUT2D eigenvalue weighted by Gasteiger charge is 2.42. The maximum atomic E-state index is 7.10. The average molecular weight is 785 g/mol. The lowest BCUT2D eigenvalue weighted by Crippen LogP contribution is -2.30. The van der Waals surface area contributed by atoms with Gasteiger partial charge in [0.25, 0.3) is 0 Å². The van der Waals surface area contributed by atoms with E-state index >= 15 is 0 Å². The molecule has 6 heteroatoms. The van der Waals surface area contributed by atoms with Crippen molar-refractivity contribution < 1.29 is 8.83 Å². The van der Waals surface area contributed by atoms with Gasteiger partial charge in [0.15, 0.2) is 0 Å². The highest BCUT2D eigenvalue weighted by atomic mass is 32.1. The molecule has 4 nitrogen and oxygen atoms in total. The second-order valence-electron chi connectivity index (χ2n) is 16.9. The van der Waals surface area contributed by atoms with Crippen LogP contribution in [0, 0.1) is 0 Å². The Bertz CT molecular complexity index is 3260. The number of thiophene rings is 2. The molecule has 13 rings (SSSR count). The Morgan fingerprint density at radius 3 is 1.28 bits per heavy atom. The van der Waals surface area contributed by atoms with Crippen LogP contribution in [0.1, 0.15) is 49.9 Å². The van der Waals surface area contributed by atoms with Crippen molar-refractivity contribution in [3.8, 4) is 0 Å². The van der Waals surface area contributed by atoms with Gasteiger partial charge in [-0.2, -0.15) is 0 Å². The summed E-state index contributed by atoms with van der Waals surface area (Å²) in [6.45, 7) is 9.35. The summed E-state index contributed by atoms with van der Waals surface area (Å²) >= 11 is 3.66. The number of furan rings is 2. The summed E-state index contributed by atoms with van der Waals surface area (Å²) in [7, 11) is 0. The smallest absolute Gasteiger partial charge is 0.141 e. The zero-order valence-electron chi connectivity index (χ0n) is 32.4. The van der Waals surface area contributed by atoms with Crippen LogP contribution in [0.15, 0.2) is 154 Å². The molecule has 6 heterocycles. The molecule has 0 spiro atoms. The predicted octanol–water partition coefficient (Wildman–Crippen LogP) is 16.1. The number of hydrogen-bond donors (Lipinski definition) is 0. The van der Waals surface area contributed by atoms with Gasteiger partial charge in [0.1, 0.15) is 32.3 Å². The predicted molar refractivity (Wildman–Crippen MR) is 245 cm³/mol. The summed E-state index contributed by atoms with van der Waals surface area (Å²) in [6.07, 6.45) is 0. The fraction of sp³-hybridized carbons (Fsp3) is 0.115. The van der Waals surface area contributed by atoms with Crippen molar-refractivity contribution in [2.24, 2.45) is 0 Å². The Kier molecular flexibility index (Phi) is 6.31. The largest absolute Gasteiger partial charge is 0.456 e. The lowest BCUT2D eigenvalue weighted by Gasteiger charge is -2.41. The normalized spacial score (nSPS) is 15.4. The first kappa shape index (κ1) is 32.7. The summed E-state index contributed by atoms with van der Waals surface area (Å²) in [6, 6.07) is 53.2. The molecule has 0 saturated heterocycles. The zero-order valence-corrected chi connectivity index (χ0v) is 34.0. The molecule has 58 heavy (non-hydrogen) atoms. The first-order chi connectivity index (χ1) is 28.3. The van der Waals surface area contributed by atoms with Crippen molar-refractivity contribution in [1.29, 1.82) is 0 Å². The van der Waals surface area contributed by atoms with E-state index in [2.05, 4.69) is 183 Å². The van der Waals surface area contributed by atoms with E-state index in [0.717, 1.165) is 55.3 Å².